The molecule has 3 aromatic rings. The monoisotopic (exact) mass is 286 g/mol. The van der Waals surface area contributed by atoms with Gasteiger partial charge in [-0.15, -0.1) is 0 Å². The third kappa shape index (κ3) is 2.27. The van der Waals surface area contributed by atoms with E-state index in [1.807, 2.05) is 25.1 Å². The van der Waals surface area contributed by atoms with Crippen LogP contribution < -0.4 is 5.73 Å². The van der Waals surface area contributed by atoms with E-state index < -0.39 is 17.5 Å². The number of hydrogen-bond acceptors (Lipinski definition) is 1. The predicted octanol–water partition coefficient (Wildman–Crippen LogP) is 3.52. The average Bonchev–Trinajstić information content (AvgIpc) is 2.80. The summed E-state index contributed by atoms with van der Waals surface area (Å²) < 4.78 is 28.2. The van der Waals surface area contributed by atoms with Crippen LogP contribution in [0.1, 0.15) is 15.9 Å². The zero-order valence-corrected chi connectivity index (χ0v) is 11.2. The number of aromatic amines is 1. The number of nitrogens with two attached hydrogens (primary N) is 1. The molecule has 0 aliphatic carbocycles. The highest BCUT2D eigenvalue weighted by Gasteiger charge is 2.17. The van der Waals surface area contributed by atoms with Crippen molar-refractivity contribution in [2.75, 3.05) is 0 Å². The van der Waals surface area contributed by atoms with Gasteiger partial charge in [0.05, 0.1) is 11.3 Å². The number of fused-ring (bicyclic) bond motifs is 1. The summed E-state index contributed by atoms with van der Waals surface area (Å²) in [5, 5.41) is 0.855. The summed E-state index contributed by atoms with van der Waals surface area (Å²) in [6, 6.07) is 9.24. The van der Waals surface area contributed by atoms with Crippen LogP contribution in [-0.4, -0.2) is 10.9 Å². The number of amides is 1. The summed E-state index contributed by atoms with van der Waals surface area (Å²) in [4.78, 5) is 14.0. The van der Waals surface area contributed by atoms with Crippen LogP contribution in [0.4, 0.5) is 8.78 Å². The lowest BCUT2D eigenvalue weighted by Gasteiger charge is -2.04. The maximum Gasteiger partial charge on any atom is 0.248 e. The molecule has 0 saturated carbocycles. The summed E-state index contributed by atoms with van der Waals surface area (Å²) in [5.74, 6) is -2.52. The van der Waals surface area contributed by atoms with Crippen molar-refractivity contribution in [1.29, 1.82) is 0 Å². The minimum atomic E-state index is -0.869. The second kappa shape index (κ2) is 4.70. The Kier molecular flexibility index (Phi) is 2.97. The van der Waals surface area contributed by atoms with Crippen LogP contribution in [0.3, 0.4) is 0 Å². The summed E-state index contributed by atoms with van der Waals surface area (Å²) in [7, 11) is 0. The van der Waals surface area contributed by atoms with Gasteiger partial charge in [0.25, 0.3) is 0 Å². The number of H-pyrrole nitrogens is 1. The highest BCUT2D eigenvalue weighted by atomic mass is 19.1. The summed E-state index contributed by atoms with van der Waals surface area (Å²) in [6.07, 6.45) is 0. The van der Waals surface area contributed by atoms with Crippen LogP contribution >= 0.6 is 0 Å². The molecule has 2 aromatic carbocycles. The number of aryl methyl sites for hydroxylation is 1. The van der Waals surface area contributed by atoms with Crippen molar-refractivity contribution in [1.82, 2.24) is 4.98 Å². The third-order valence-corrected chi connectivity index (χ3v) is 3.37. The maximum atomic E-state index is 14.1. The van der Waals surface area contributed by atoms with Gasteiger partial charge in [-0.3, -0.25) is 4.79 Å². The lowest BCUT2D eigenvalue weighted by molar-refractivity contribution is 0.0999. The molecule has 21 heavy (non-hydrogen) atoms. The first-order valence-corrected chi connectivity index (χ1v) is 6.34. The topological polar surface area (TPSA) is 58.9 Å². The number of halogens is 2. The molecule has 0 fully saturated rings. The number of carbonyl (C=O) groups is 1. The number of hydrogen-bond donors (Lipinski definition) is 2. The fourth-order valence-electron chi connectivity index (χ4n) is 2.35. The summed E-state index contributed by atoms with van der Waals surface area (Å²) in [5.41, 5.74) is 6.80. The lowest BCUT2D eigenvalue weighted by Crippen LogP contribution is -2.12. The minimum Gasteiger partial charge on any atom is -0.366 e. The molecule has 0 saturated heterocycles. The lowest BCUT2D eigenvalue weighted by atomic mass is 10.1. The number of rotatable bonds is 2. The minimum absolute atomic E-state index is 0.194. The summed E-state index contributed by atoms with van der Waals surface area (Å²) >= 11 is 0. The fourth-order valence-corrected chi connectivity index (χ4v) is 2.35. The van der Waals surface area contributed by atoms with Gasteiger partial charge in [0.15, 0.2) is 0 Å². The van der Waals surface area contributed by atoms with E-state index in [0.29, 0.717) is 5.69 Å². The van der Waals surface area contributed by atoms with Gasteiger partial charge in [0.1, 0.15) is 11.6 Å². The van der Waals surface area contributed by atoms with Crippen molar-refractivity contribution in [3.05, 3.63) is 59.2 Å². The highest BCUT2D eigenvalue weighted by molar-refractivity contribution is 5.94. The molecule has 3 nitrogen and oxygen atoms in total. The van der Waals surface area contributed by atoms with E-state index in [1.165, 1.54) is 0 Å². The number of primary amides is 1. The van der Waals surface area contributed by atoms with Gasteiger partial charge < -0.3 is 10.7 Å². The first-order valence-electron chi connectivity index (χ1n) is 6.34. The molecule has 5 heteroatoms. The Morgan fingerprint density at radius 2 is 1.76 bits per heavy atom. The Balaban J connectivity index is 2.20. The Morgan fingerprint density at radius 1 is 1.10 bits per heavy atom. The molecule has 0 bridgehead atoms. The molecule has 0 atom stereocenters. The van der Waals surface area contributed by atoms with Crippen LogP contribution in [0.2, 0.25) is 0 Å². The predicted molar refractivity (Wildman–Crippen MR) is 76.9 cm³/mol. The molecule has 1 heterocycles. The normalized spacial score (nSPS) is 11.0. The Hall–Kier alpha value is -2.69. The summed E-state index contributed by atoms with van der Waals surface area (Å²) in [6.45, 7) is 1.93. The highest BCUT2D eigenvalue weighted by Crippen LogP contribution is 2.29. The number of aromatic nitrogens is 1. The van der Waals surface area contributed by atoms with Gasteiger partial charge in [0.2, 0.25) is 5.91 Å². The Bertz CT molecular complexity index is 845. The molecule has 1 aromatic heterocycles. The van der Waals surface area contributed by atoms with E-state index in [0.717, 1.165) is 28.6 Å². The van der Waals surface area contributed by atoms with Crippen LogP contribution in [-0.2, 0) is 0 Å². The molecule has 0 radical (unpaired) electrons. The van der Waals surface area contributed by atoms with Gasteiger partial charge in [-0.25, -0.2) is 8.78 Å². The smallest absolute Gasteiger partial charge is 0.248 e. The zero-order valence-electron chi connectivity index (χ0n) is 11.2. The van der Waals surface area contributed by atoms with Crippen molar-refractivity contribution in [3.63, 3.8) is 0 Å². The molecular formula is C16H12F2N2O. The van der Waals surface area contributed by atoms with Crippen LogP contribution in [0.25, 0.3) is 22.2 Å². The first kappa shape index (κ1) is 13.3. The van der Waals surface area contributed by atoms with Crippen molar-refractivity contribution in [2.24, 2.45) is 5.73 Å². The van der Waals surface area contributed by atoms with Gasteiger partial charge in [-0.05, 0) is 36.8 Å². The zero-order chi connectivity index (χ0) is 15.1. The Labute approximate surface area is 119 Å². The molecule has 3 N–H and O–H groups in total. The quantitative estimate of drug-likeness (QED) is 0.744. The van der Waals surface area contributed by atoms with Crippen LogP contribution in [0.5, 0.6) is 0 Å². The van der Waals surface area contributed by atoms with Gasteiger partial charge in [-0.2, -0.15) is 0 Å². The van der Waals surface area contributed by atoms with Gasteiger partial charge in [-0.1, -0.05) is 12.1 Å². The fraction of sp³-hybridized carbons (Fsp3) is 0.0625. The van der Waals surface area contributed by atoms with Crippen molar-refractivity contribution in [3.8, 4) is 11.3 Å². The SMILES string of the molecule is Cc1ccc2cc(-c3c(F)cc(C(N)=O)cc3F)[nH]c2c1. The van der Waals surface area contributed by atoms with Crippen molar-refractivity contribution >= 4 is 16.8 Å². The molecule has 3 rings (SSSR count). The molecule has 106 valence electrons. The molecule has 1 amide bonds. The third-order valence-electron chi connectivity index (χ3n) is 3.37. The largest absolute Gasteiger partial charge is 0.366 e. The van der Waals surface area contributed by atoms with E-state index >= 15 is 0 Å². The van der Waals surface area contributed by atoms with E-state index in [9.17, 15) is 13.6 Å². The molecule has 0 aliphatic heterocycles. The standard InChI is InChI=1S/C16H12F2N2O/c1-8-2-3-9-7-14(20-13(9)4-8)15-11(17)5-10(16(19)21)6-12(15)18/h2-7,20H,1H3,(H2,19,21). The van der Waals surface area contributed by atoms with Crippen molar-refractivity contribution < 1.29 is 13.6 Å². The van der Waals surface area contributed by atoms with Crippen LogP contribution in [0.15, 0.2) is 36.4 Å². The number of nitrogens with one attached hydrogen (secondary N) is 1. The second-order valence-electron chi connectivity index (χ2n) is 4.95. The number of benzene rings is 2. The molecule has 0 spiro atoms. The van der Waals surface area contributed by atoms with Gasteiger partial charge >= 0.3 is 0 Å². The molecule has 0 unspecified atom stereocenters. The molecular weight excluding hydrogens is 274 g/mol. The Morgan fingerprint density at radius 3 is 2.38 bits per heavy atom. The van der Waals surface area contributed by atoms with E-state index in [-0.39, 0.29) is 11.1 Å². The van der Waals surface area contributed by atoms with E-state index in [2.05, 4.69) is 4.98 Å². The van der Waals surface area contributed by atoms with Crippen molar-refractivity contribution in [2.45, 2.75) is 6.92 Å². The maximum absolute atomic E-state index is 14.1. The first-order chi connectivity index (χ1) is 9.95. The van der Waals surface area contributed by atoms with E-state index in [1.54, 1.807) is 6.07 Å². The van der Waals surface area contributed by atoms with Crippen LogP contribution in [0, 0.1) is 18.6 Å². The second-order valence-corrected chi connectivity index (χ2v) is 4.95. The van der Waals surface area contributed by atoms with Gasteiger partial charge in [0, 0.05) is 16.5 Å². The molecule has 0 aliphatic rings. The number of carbonyl (C=O) groups excluding carboxylic acids is 1. The van der Waals surface area contributed by atoms with E-state index in [4.69, 9.17) is 5.73 Å². The average molecular weight is 286 g/mol.